The predicted octanol–water partition coefficient (Wildman–Crippen LogP) is 3.87. The number of aromatic nitrogens is 1. The Morgan fingerprint density at radius 1 is 1.23 bits per heavy atom. The van der Waals surface area contributed by atoms with Gasteiger partial charge in [0.1, 0.15) is 5.75 Å². The second-order valence-corrected chi connectivity index (χ2v) is 6.33. The third-order valence-corrected chi connectivity index (χ3v) is 4.80. The summed E-state index contributed by atoms with van der Waals surface area (Å²) in [6.45, 7) is 0.722. The van der Waals surface area contributed by atoms with Crippen LogP contribution in [0.5, 0.6) is 5.75 Å². The molecule has 1 aliphatic rings. The van der Waals surface area contributed by atoms with E-state index in [0.717, 1.165) is 41.3 Å². The van der Waals surface area contributed by atoms with Gasteiger partial charge in [0.15, 0.2) is 5.76 Å². The molecular formula is C21H20N2O3. The Balaban J connectivity index is 1.47. The number of ether oxygens (including phenoxy) is 1. The van der Waals surface area contributed by atoms with E-state index < -0.39 is 0 Å². The number of anilines is 1. The summed E-state index contributed by atoms with van der Waals surface area (Å²) in [6, 6.07) is 15.7. The largest absolute Gasteiger partial charge is 0.496 e. The number of hydrogen-bond donors (Lipinski definition) is 0. The van der Waals surface area contributed by atoms with Gasteiger partial charge in [-0.25, -0.2) is 0 Å². The monoisotopic (exact) mass is 348 g/mol. The predicted molar refractivity (Wildman–Crippen MR) is 99.3 cm³/mol. The van der Waals surface area contributed by atoms with Crippen molar-refractivity contribution >= 4 is 11.6 Å². The number of nitrogens with zero attached hydrogens (tertiary/aromatic N) is 2. The van der Waals surface area contributed by atoms with Crippen LogP contribution in [0, 0.1) is 0 Å². The minimum absolute atomic E-state index is 0.141. The van der Waals surface area contributed by atoms with Crippen molar-refractivity contribution in [3.05, 3.63) is 65.9 Å². The van der Waals surface area contributed by atoms with Crippen molar-refractivity contribution in [2.45, 2.75) is 19.3 Å². The number of carbonyl (C=O) groups is 1. The van der Waals surface area contributed by atoms with E-state index in [0.29, 0.717) is 12.8 Å². The van der Waals surface area contributed by atoms with E-state index in [4.69, 9.17) is 9.26 Å². The van der Waals surface area contributed by atoms with Gasteiger partial charge in [0.05, 0.1) is 13.3 Å². The minimum atomic E-state index is 0.141. The molecule has 1 aliphatic heterocycles. The zero-order valence-corrected chi connectivity index (χ0v) is 14.6. The van der Waals surface area contributed by atoms with Crippen molar-refractivity contribution in [3.63, 3.8) is 0 Å². The maximum atomic E-state index is 12.8. The summed E-state index contributed by atoms with van der Waals surface area (Å²) in [4.78, 5) is 14.6. The zero-order chi connectivity index (χ0) is 17.9. The number of rotatable bonds is 5. The Labute approximate surface area is 152 Å². The number of aryl methyl sites for hydroxylation is 1. The molecule has 0 fully saturated rings. The maximum Gasteiger partial charge on any atom is 0.227 e. The van der Waals surface area contributed by atoms with Crippen LogP contribution in [-0.2, 0) is 17.6 Å². The van der Waals surface area contributed by atoms with Crippen molar-refractivity contribution in [1.82, 2.24) is 5.16 Å². The van der Waals surface area contributed by atoms with Crippen molar-refractivity contribution in [2.75, 3.05) is 18.6 Å². The molecule has 2 aromatic carbocycles. The fourth-order valence-electron chi connectivity index (χ4n) is 3.46. The fraction of sp³-hybridized carbons (Fsp3) is 0.238. The lowest BCUT2D eigenvalue weighted by Crippen LogP contribution is -2.29. The lowest BCUT2D eigenvalue weighted by atomic mass is 10.1. The lowest BCUT2D eigenvalue weighted by Gasteiger charge is -2.18. The summed E-state index contributed by atoms with van der Waals surface area (Å²) in [5.74, 6) is 1.72. The van der Waals surface area contributed by atoms with E-state index in [1.807, 2.05) is 47.4 Å². The molecule has 0 spiro atoms. The number of para-hydroxylation sites is 1. The summed E-state index contributed by atoms with van der Waals surface area (Å²) in [7, 11) is 1.66. The van der Waals surface area contributed by atoms with E-state index in [2.05, 4.69) is 11.2 Å². The highest BCUT2D eigenvalue weighted by atomic mass is 16.5. The van der Waals surface area contributed by atoms with Gasteiger partial charge >= 0.3 is 0 Å². The number of methoxy groups -OCH3 is 1. The average Bonchev–Trinajstić information content (AvgIpc) is 3.35. The van der Waals surface area contributed by atoms with E-state index in [1.54, 1.807) is 13.3 Å². The van der Waals surface area contributed by atoms with Crippen LogP contribution in [0.1, 0.15) is 17.5 Å². The molecule has 0 unspecified atom stereocenters. The van der Waals surface area contributed by atoms with Crippen LogP contribution in [0.2, 0.25) is 0 Å². The quantitative estimate of drug-likeness (QED) is 0.702. The first-order valence-electron chi connectivity index (χ1n) is 8.72. The normalized spacial score (nSPS) is 12.9. The van der Waals surface area contributed by atoms with Gasteiger partial charge in [-0.1, -0.05) is 23.4 Å². The third kappa shape index (κ3) is 3.08. The molecule has 0 saturated heterocycles. The smallest absolute Gasteiger partial charge is 0.227 e. The highest BCUT2D eigenvalue weighted by Gasteiger charge is 2.25. The van der Waals surface area contributed by atoms with E-state index in [1.165, 1.54) is 5.56 Å². The van der Waals surface area contributed by atoms with Gasteiger partial charge < -0.3 is 14.2 Å². The molecule has 0 aliphatic carbocycles. The first-order chi connectivity index (χ1) is 12.8. The molecule has 0 bridgehead atoms. The number of fused-ring (bicyclic) bond motifs is 1. The Morgan fingerprint density at radius 2 is 2.12 bits per heavy atom. The van der Waals surface area contributed by atoms with Crippen LogP contribution >= 0.6 is 0 Å². The molecule has 3 aromatic rings. The molecule has 132 valence electrons. The van der Waals surface area contributed by atoms with Crippen molar-refractivity contribution in [1.29, 1.82) is 0 Å². The minimum Gasteiger partial charge on any atom is -0.496 e. The first-order valence-corrected chi connectivity index (χ1v) is 8.72. The molecule has 0 atom stereocenters. The van der Waals surface area contributed by atoms with Crippen LogP contribution in [0.3, 0.4) is 0 Å². The lowest BCUT2D eigenvalue weighted by molar-refractivity contribution is -0.118. The van der Waals surface area contributed by atoms with Gasteiger partial charge in [-0.15, -0.1) is 0 Å². The van der Waals surface area contributed by atoms with Gasteiger partial charge in [-0.2, -0.15) is 0 Å². The summed E-state index contributed by atoms with van der Waals surface area (Å²) in [5.41, 5.74) is 4.22. The summed E-state index contributed by atoms with van der Waals surface area (Å²) >= 11 is 0. The Morgan fingerprint density at radius 3 is 2.92 bits per heavy atom. The van der Waals surface area contributed by atoms with Gasteiger partial charge in [0.2, 0.25) is 5.91 Å². The average molecular weight is 348 g/mol. The highest BCUT2D eigenvalue weighted by Crippen LogP contribution is 2.33. The molecule has 1 amide bonds. The second-order valence-electron chi connectivity index (χ2n) is 6.33. The van der Waals surface area contributed by atoms with Gasteiger partial charge in [0.25, 0.3) is 0 Å². The van der Waals surface area contributed by atoms with Crippen molar-refractivity contribution < 1.29 is 14.1 Å². The number of hydrogen-bond acceptors (Lipinski definition) is 4. The Bertz CT molecular complexity index is 919. The molecule has 1 aromatic heterocycles. The number of benzene rings is 2. The molecule has 5 nitrogen and oxygen atoms in total. The van der Waals surface area contributed by atoms with Crippen LogP contribution in [0.15, 0.2) is 59.3 Å². The van der Waals surface area contributed by atoms with Crippen molar-refractivity contribution in [3.8, 4) is 17.1 Å². The molecule has 0 saturated carbocycles. The SMILES string of the molecule is COc1ccccc1CCC(=O)N1CCc2cc(-c3ccno3)ccc21. The van der Waals surface area contributed by atoms with Crippen LogP contribution in [-0.4, -0.2) is 24.7 Å². The number of carbonyl (C=O) groups excluding carboxylic acids is 1. The van der Waals surface area contributed by atoms with Gasteiger partial charge in [-0.3, -0.25) is 4.79 Å². The zero-order valence-electron chi connectivity index (χ0n) is 14.6. The fourth-order valence-corrected chi connectivity index (χ4v) is 3.46. The molecule has 0 N–H and O–H groups in total. The van der Waals surface area contributed by atoms with Crippen LogP contribution in [0.25, 0.3) is 11.3 Å². The topological polar surface area (TPSA) is 55.6 Å². The van der Waals surface area contributed by atoms with Crippen molar-refractivity contribution in [2.24, 2.45) is 0 Å². The Kier molecular flexibility index (Phi) is 4.44. The standard InChI is InChI=1S/C21H20N2O3/c1-25-19-5-3-2-4-15(19)7-9-21(24)23-13-11-16-14-17(6-8-18(16)23)20-10-12-22-26-20/h2-6,8,10,12,14H,7,9,11,13H2,1H3. The summed E-state index contributed by atoms with van der Waals surface area (Å²) < 4.78 is 10.6. The maximum absolute atomic E-state index is 12.8. The molecule has 5 heteroatoms. The first kappa shape index (κ1) is 16.4. The molecular weight excluding hydrogens is 328 g/mol. The molecule has 4 rings (SSSR count). The van der Waals surface area contributed by atoms with Crippen LogP contribution < -0.4 is 9.64 Å². The summed E-state index contributed by atoms with van der Waals surface area (Å²) in [5, 5.41) is 3.75. The molecule has 0 radical (unpaired) electrons. The van der Waals surface area contributed by atoms with Crippen LogP contribution in [0.4, 0.5) is 5.69 Å². The number of amides is 1. The second kappa shape index (κ2) is 7.04. The Hall–Kier alpha value is -3.08. The van der Waals surface area contributed by atoms with Gasteiger partial charge in [-0.05, 0) is 48.2 Å². The molecule has 2 heterocycles. The van der Waals surface area contributed by atoms with Gasteiger partial charge in [0, 0.05) is 30.3 Å². The molecule has 26 heavy (non-hydrogen) atoms. The van der Waals surface area contributed by atoms with E-state index >= 15 is 0 Å². The third-order valence-electron chi connectivity index (χ3n) is 4.80. The summed E-state index contributed by atoms with van der Waals surface area (Å²) in [6.07, 6.45) is 3.63. The van der Waals surface area contributed by atoms with E-state index in [9.17, 15) is 4.79 Å². The van der Waals surface area contributed by atoms with E-state index in [-0.39, 0.29) is 5.91 Å². The highest BCUT2D eigenvalue weighted by molar-refractivity contribution is 5.96.